The summed E-state index contributed by atoms with van der Waals surface area (Å²) in [6.07, 6.45) is 7.34. The fourth-order valence-corrected chi connectivity index (χ4v) is 1.65. The Bertz CT molecular complexity index is 484. The van der Waals surface area contributed by atoms with Gasteiger partial charge in [-0.1, -0.05) is 18.2 Å². The molecule has 0 heterocycles. The van der Waals surface area contributed by atoms with Crippen LogP contribution in [0.1, 0.15) is 23.2 Å². The van der Waals surface area contributed by atoms with Gasteiger partial charge in [-0.15, -0.1) is 0 Å². The van der Waals surface area contributed by atoms with Gasteiger partial charge in [-0.2, -0.15) is 0 Å². The van der Waals surface area contributed by atoms with Gasteiger partial charge in [0.25, 0.3) is 0 Å². The van der Waals surface area contributed by atoms with Gasteiger partial charge in [0.1, 0.15) is 11.5 Å². The average molecular weight is 216 g/mol. The summed E-state index contributed by atoms with van der Waals surface area (Å²) in [5.74, 6) is -0.458. The molecule has 0 atom stereocenters. The molecule has 0 saturated carbocycles. The molecule has 0 aliphatic heterocycles. The SMILES string of the molecule is O=C(C1=CCCC=C1)c1ccc(O)cc1O. The molecule has 2 N–H and O–H groups in total. The van der Waals surface area contributed by atoms with Crippen LogP contribution in [0.5, 0.6) is 11.5 Å². The number of aromatic hydroxyl groups is 2. The fourth-order valence-electron chi connectivity index (χ4n) is 1.65. The Hall–Kier alpha value is -2.03. The second-order valence-corrected chi connectivity index (χ2v) is 3.67. The second kappa shape index (κ2) is 4.23. The van der Waals surface area contributed by atoms with Crippen LogP contribution in [0.2, 0.25) is 0 Å². The van der Waals surface area contributed by atoms with Crippen molar-refractivity contribution in [2.45, 2.75) is 12.8 Å². The summed E-state index contributed by atoms with van der Waals surface area (Å²) in [6, 6.07) is 3.98. The summed E-state index contributed by atoms with van der Waals surface area (Å²) >= 11 is 0. The first kappa shape index (κ1) is 10.5. The van der Waals surface area contributed by atoms with E-state index in [-0.39, 0.29) is 22.8 Å². The van der Waals surface area contributed by atoms with Crippen LogP contribution in [0.15, 0.2) is 42.0 Å². The number of phenolic OH excluding ortho intramolecular Hbond substituents is 2. The molecule has 0 spiro atoms. The molecule has 3 nitrogen and oxygen atoms in total. The van der Waals surface area contributed by atoms with Crippen molar-refractivity contribution in [1.82, 2.24) is 0 Å². The highest BCUT2D eigenvalue weighted by atomic mass is 16.3. The normalized spacial score (nSPS) is 14.6. The van der Waals surface area contributed by atoms with Gasteiger partial charge in [0.2, 0.25) is 0 Å². The second-order valence-electron chi connectivity index (χ2n) is 3.67. The molecule has 1 aromatic rings. The van der Waals surface area contributed by atoms with Crippen LogP contribution in [-0.4, -0.2) is 16.0 Å². The van der Waals surface area contributed by atoms with Crippen LogP contribution in [0.4, 0.5) is 0 Å². The number of carbonyl (C=O) groups is 1. The summed E-state index contributed by atoms with van der Waals surface area (Å²) in [6.45, 7) is 0. The molecule has 0 aromatic heterocycles. The van der Waals surface area contributed by atoms with E-state index in [0.717, 1.165) is 12.8 Å². The number of phenols is 2. The van der Waals surface area contributed by atoms with Crippen molar-refractivity contribution in [2.24, 2.45) is 0 Å². The number of hydrogen-bond acceptors (Lipinski definition) is 3. The smallest absolute Gasteiger partial charge is 0.196 e. The van der Waals surface area contributed by atoms with E-state index in [2.05, 4.69) is 0 Å². The zero-order chi connectivity index (χ0) is 11.5. The summed E-state index contributed by atoms with van der Waals surface area (Å²) < 4.78 is 0. The maximum atomic E-state index is 12.0. The van der Waals surface area contributed by atoms with Gasteiger partial charge in [-0.25, -0.2) is 0 Å². The molecule has 0 bridgehead atoms. The number of carbonyl (C=O) groups excluding carboxylic acids is 1. The predicted octanol–water partition coefficient (Wildman–Crippen LogP) is 2.56. The number of ketones is 1. The van der Waals surface area contributed by atoms with E-state index in [4.69, 9.17) is 5.11 Å². The lowest BCUT2D eigenvalue weighted by atomic mass is 9.98. The molecule has 0 amide bonds. The first-order valence-electron chi connectivity index (χ1n) is 5.12. The Labute approximate surface area is 93.4 Å². The van der Waals surface area contributed by atoms with E-state index < -0.39 is 0 Å². The van der Waals surface area contributed by atoms with Gasteiger partial charge in [-0.05, 0) is 25.0 Å². The Balaban J connectivity index is 2.34. The minimum atomic E-state index is -0.214. The third-order valence-electron chi connectivity index (χ3n) is 2.48. The molecule has 0 saturated heterocycles. The van der Waals surface area contributed by atoms with Crippen molar-refractivity contribution < 1.29 is 15.0 Å². The standard InChI is InChI=1S/C13H12O3/c14-10-6-7-11(12(15)8-10)13(16)9-4-2-1-3-5-9/h2,4-8,14-15H,1,3H2. The lowest BCUT2D eigenvalue weighted by Gasteiger charge is -2.07. The quantitative estimate of drug-likeness (QED) is 0.747. The molecule has 0 radical (unpaired) electrons. The highest BCUT2D eigenvalue weighted by Crippen LogP contribution is 2.26. The third kappa shape index (κ3) is 1.98. The zero-order valence-electron chi connectivity index (χ0n) is 8.68. The van der Waals surface area contributed by atoms with Crippen molar-refractivity contribution in [1.29, 1.82) is 0 Å². The van der Waals surface area contributed by atoms with E-state index in [1.165, 1.54) is 18.2 Å². The zero-order valence-corrected chi connectivity index (χ0v) is 8.68. The number of allylic oxidation sites excluding steroid dienone is 4. The molecule has 0 fully saturated rings. The van der Waals surface area contributed by atoms with Gasteiger partial charge in [0.05, 0.1) is 5.56 Å². The van der Waals surface area contributed by atoms with Gasteiger partial charge in [0.15, 0.2) is 5.78 Å². The Morgan fingerprint density at radius 1 is 1.19 bits per heavy atom. The molecule has 1 aliphatic carbocycles. The van der Waals surface area contributed by atoms with Crippen LogP contribution in [0, 0.1) is 0 Å². The highest BCUT2D eigenvalue weighted by molar-refractivity contribution is 6.12. The van der Waals surface area contributed by atoms with Crippen LogP contribution in [-0.2, 0) is 0 Å². The van der Waals surface area contributed by atoms with Crippen molar-refractivity contribution >= 4 is 5.78 Å². The molecular formula is C13H12O3. The average Bonchev–Trinajstić information content (AvgIpc) is 2.29. The maximum Gasteiger partial charge on any atom is 0.196 e. The molecule has 82 valence electrons. The van der Waals surface area contributed by atoms with Crippen LogP contribution < -0.4 is 0 Å². The van der Waals surface area contributed by atoms with Crippen molar-refractivity contribution in [3.05, 3.63) is 47.6 Å². The van der Waals surface area contributed by atoms with Gasteiger partial charge < -0.3 is 10.2 Å². The summed E-state index contributed by atoms with van der Waals surface area (Å²) in [7, 11) is 0. The lowest BCUT2D eigenvalue weighted by molar-refractivity contribution is 0.103. The van der Waals surface area contributed by atoms with E-state index >= 15 is 0 Å². The Kier molecular flexibility index (Phi) is 2.77. The van der Waals surface area contributed by atoms with Crippen molar-refractivity contribution in [3.63, 3.8) is 0 Å². The Morgan fingerprint density at radius 3 is 2.62 bits per heavy atom. The number of rotatable bonds is 2. The van der Waals surface area contributed by atoms with Crippen molar-refractivity contribution in [3.8, 4) is 11.5 Å². The molecule has 2 rings (SSSR count). The molecule has 1 aliphatic rings. The molecule has 1 aromatic carbocycles. The molecule has 0 unspecified atom stereocenters. The summed E-state index contributed by atoms with van der Waals surface area (Å²) in [4.78, 5) is 12.0. The number of Topliss-reactive ketones (excluding diaryl/α,β-unsaturated/α-hetero) is 1. The van der Waals surface area contributed by atoms with E-state index in [1.54, 1.807) is 6.08 Å². The van der Waals surface area contributed by atoms with Gasteiger partial charge in [0, 0.05) is 11.6 Å². The first-order chi connectivity index (χ1) is 7.68. The van der Waals surface area contributed by atoms with Crippen molar-refractivity contribution in [2.75, 3.05) is 0 Å². The topological polar surface area (TPSA) is 57.5 Å². The molecule has 16 heavy (non-hydrogen) atoms. The van der Waals surface area contributed by atoms with Gasteiger partial charge in [-0.3, -0.25) is 4.79 Å². The molecule has 3 heteroatoms. The number of benzene rings is 1. The Morgan fingerprint density at radius 2 is 2.00 bits per heavy atom. The number of hydrogen-bond donors (Lipinski definition) is 2. The maximum absolute atomic E-state index is 12.0. The van der Waals surface area contributed by atoms with Crippen LogP contribution in [0.3, 0.4) is 0 Å². The minimum absolute atomic E-state index is 0.0535. The first-order valence-corrected chi connectivity index (χ1v) is 5.12. The minimum Gasteiger partial charge on any atom is -0.508 e. The summed E-state index contributed by atoms with van der Waals surface area (Å²) in [5, 5.41) is 18.7. The lowest BCUT2D eigenvalue weighted by Crippen LogP contribution is -2.03. The third-order valence-corrected chi connectivity index (χ3v) is 2.48. The van der Waals surface area contributed by atoms with E-state index in [0.29, 0.717) is 5.57 Å². The molecular weight excluding hydrogens is 204 g/mol. The predicted molar refractivity (Wildman–Crippen MR) is 60.6 cm³/mol. The summed E-state index contributed by atoms with van der Waals surface area (Å²) in [5.41, 5.74) is 0.808. The van der Waals surface area contributed by atoms with E-state index in [9.17, 15) is 9.90 Å². The monoisotopic (exact) mass is 216 g/mol. The highest BCUT2D eigenvalue weighted by Gasteiger charge is 2.15. The van der Waals surface area contributed by atoms with Gasteiger partial charge >= 0.3 is 0 Å². The largest absolute Gasteiger partial charge is 0.508 e. The van der Waals surface area contributed by atoms with Crippen LogP contribution in [0.25, 0.3) is 0 Å². The fraction of sp³-hybridized carbons (Fsp3) is 0.154. The van der Waals surface area contributed by atoms with E-state index in [1.807, 2.05) is 12.2 Å². The van der Waals surface area contributed by atoms with Crippen LogP contribution >= 0.6 is 0 Å².